The van der Waals surface area contributed by atoms with E-state index < -0.39 is 15.9 Å². The second-order valence-electron chi connectivity index (χ2n) is 6.52. The maximum atomic E-state index is 12.9. The highest BCUT2D eigenvalue weighted by atomic mass is 35.5. The number of benzene rings is 2. The van der Waals surface area contributed by atoms with Crippen molar-refractivity contribution in [3.05, 3.63) is 57.6 Å². The largest absolute Gasteiger partial charge is 0.321 e. The highest BCUT2D eigenvalue weighted by Crippen LogP contribution is 2.27. The minimum Gasteiger partial charge on any atom is -0.321 e. The Labute approximate surface area is 169 Å². The molecule has 1 aliphatic rings. The standard InChI is InChI=1S/C19H20Cl2N2O3S/c1-13-5-7-15(27(25,26)23-9-3-2-4-10-23)12-16(13)19(24)22-18-11-14(20)6-8-17(18)21/h5-8,11-12H,2-4,9-10H2,1H3,(H,22,24). The Morgan fingerprint density at radius 2 is 1.74 bits per heavy atom. The minimum atomic E-state index is -3.62. The fraction of sp³-hybridized carbons (Fsp3) is 0.316. The van der Waals surface area contributed by atoms with Crippen molar-refractivity contribution in [1.82, 2.24) is 4.31 Å². The third kappa shape index (κ3) is 4.46. The van der Waals surface area contributed by atoms with Crippen LogP contribution in [0.4, 0.5) is 5.69 Å². The van der Waals surface area contributed by atoms with Gasteiger partial charge in [0.05, 0.1) is 15.6 Å². The van der Waals surface area contributed by atoms with E-state index in [1.807, 2.05) is 0 Å². The predicted octanol–water partition coefficient (Wildman–Crippen LogP) is 4.73. The summed E-state index contributed by atoms with van der Waals surface area (Å²) in [6.07, 6.45) is 2.74. The summed E-state index contributed by atoms with van der Waals surface area (Å²) in [5, 5.41) is 3.49. The van der Waals surface area contributed by atoms with Crippen molar-refractivity contribution in [3.8, 4) is 0 Å². The predicted molar refractivity (Wildman–Crippen MR) is 108 cm³/mol. The van der Waals surface area contributed by atoms with Crippen molar-refractivity contribution >= 4 is 44.8 Å². The molecule has 2 aromatic carbocycles. The summed E-state index contributed by atoms with van der Waals surface area (Å²) in [6.45, 7) is 2.78. The van der Waals surface area contributed by atoms with E-state index in [0.29, 0.717) is 34.4 Å². The van der Waals surface area contributed by atoms with Gasteiger partial charge in [-0.1, -0.05) is 35.7 Å². The minimum absolute atomic E-state index is 0.123. The maximum absolute atomic E-state index is 12.9. The molecule has 1 heterocycles. The lowest BCUT2D eigenvalue weighted by Crippen LogP contribution is -2.35. The summed E-state index contributed by atoms with van der Waals surface area (Å²) < 4.78 is 27.3. The number of nitrogens with zero attached hydrogens (tertiary/aromatic N) is 1. The van der Waals surface area contributed by atoms with Crippen molar-refractivity contribution in [2.24, 2.45) is 0 Å². The van der Waals surface area contributed by atoms with Gasteiger partial charge in [0.15, 0.2) is 0 Å². The molecule has 0 aromatic heterocycles. The van der Waals surface area contributed by atoms with Gasteiger partial charge in [-0.3, -0.25) is 4.79 Å². The first-order valence-electron chi connectivity index (χ1n) is 8.66. The molecule has 0 radical (unpaired) electrons. The summed E-state index contributed by atoms with van der Waals surface area (Å²) >= 11 is 12.1. The summed E-state index contributed by atoms with van der Waals surface area (Å²) in [7, 11) is -3.62. The van der Waals surface area contributed by atoms with Crippen LogP contribution >= 0.6 is 23.2 Å². The molecule has 3 rings (SSSR count). The smallest absolute Gasteiger partial charge is 0.256 e. The fourth-order valence-electron chi connectivity index (χ4n) is 3.04. The number of amides is 1. The van der Waals surface area contributed by atoms with Crippen LogP contribution in [-0.4, -0.2) is 31.7 Å². The number of hydrogen-bond donors (Lipinski definition) is 1. The molecular formula is C19H20Cl2N2O3S. The SMILES string of the molecule is Cc1ccc(S(=O)(=O)N2CCCCC2)cc1C(=O)Nc1cc(Cl)ccc1Cl. The van der Waals surface area contributed by atoms with Gasteiger partial charge in [0, 0.05) is 23.7 Å². The Bertz CT molecular complexity index is 971. The van der Waals surface area contributed by atoms with Crippen LogP contribution in [0.15, 0.2) is 41.3 Å². The zero-order valence-corrected chi connectivity index (χ0v) is 17.2. The molecule has 144 valence electrons. The van der Waals surface area contributed by atoms with E-state index in [-0.39, 0.29) is 10.5 Å². The van der Waals surface area contributed by atoms with Crippen LogP contribution in [0.5, 0.6) is 0 Å². The van der Waals surface area contributed by atoms with Gasteiger partial charge in [-0.15, -0.1) is 0 Å². The first-order valence-corrected chi connectivity index (χ1v) is 10.9. The van der Waals surface area contributed by atoms with Gasteiger partial charge in [0.25, 0.3) is 5.91 Å². The molecular weight excluding hydrogens is 407 g/mol. The summed E-state index contributed by atoms with van der Waals surface area (Å²) in [6, 6.07) is 9.37. The molecule has 27 heavy (non-hydrogen) atoms. The van der Waals surface area contributed by atoms with E-state index >= 15 is 0 Å². The molecule has 0 bridgehead atoms. The van der Waals surface area contributed by atoms with Gasteiger partial charge in [-0.25, -0.2) is 8.42 Å². The van der Waals surface area contributed by atoms with E-state index in [9.17, 15) is 13.2 Å². The number of anilines is 1. The number of rotatable bonds is 4. The first kappa shape index (κ1) is 20.1. The average molecular weight is 427 g/mol. The number of halogens is 2. The molecule has 0 aliphatic carbocycles. The van der Waals surface area contributed by atoms with Crippen molar-refractivity contribution in [3.63, 3.8) is 0 Å². The molecule has 1 aliphatic heterocycles. The van der Waals surface area contributed by atoms with Crippen LogP contribution in [0.2, 0.25) is 10.0 Å². The second-order valence-corrected chi connectivity index (χ2v) is 9.30. The third-order valence-electron chi connectivity index (χ3n) is 4.58. The van der Waals surface area contributed by atoms with E-state index in [1.165, 1.54) is 10.4 Å². The van der Waals surface area contributed by atoms with Crippen LogP contribution in [-0.2, 0) is 10.0 Å². The number of sulfonamides is 1. The Morgan fingerprint density at radius 1 is 1.04 bits per heavy atom. The average Bonchev–Trinajstić information content (AvgIpc) is 2.65. The van der Waals surface area contributed by atoms with E-state index in [4.69, 9.17) is 23.2 Å². The second kappa shape index (κ2) is 8.19. The Kier molecular flexibility index (Phi) is 6.11. The van der Waals surface area contributed by atoms with Gasteiger partial charge in [-0.05, 0) is 55.7 Å². The molecule has 1 amide bonds. The quantitative estimate of drug-likeness (QED) is 0.767. The molecule has 8 heteroatoms. The monoisotopic (exact) mass is 426 g/mol. The number of nitrogens with one attached hydrogen (secondary N) is 1. The number of carbonyl (C=O) groups excluding carboxylic acids is 1. The van der Waals surface area contributed by atoms with Crippen LogP contribution < -0.4 is 5.32 Å². The van der Waals surface area contributed by atoms with Crippen molar-refractivity contribution < 1.29 is 13.2 Å². The van der Waals surface area contributed by atoms with Gasteiger partial charge < -0.3 is 5.32 Å². The lowest BCUT2D eigenvalue weighted by atomic mass is 10.1. The van der Waals surface area contributed by atoms with E-state index in [2.05, 4.69) is 5.32 Å². The molecule has 1 saturated heterocycles. The lowest BCUT2D eigenvalue weighted by Gasteiger charge is -2.26. The van der Waals surface area contributed by atoms with Crippen molar-refractivity contribution in [1.29, 1.82) is 0 Å². The highest BCUT2D eigenvalue weighted by Gasteiger charge is 2.27. The van der Waals surface area contributed by atoms with E-state index in [0.717, 1.165) is 19.3 Å². The zero-order chi connectivity index (χ0) is 19.6. The fourth-order valence-corrected chi connectivity index (χ4v) is 4.92. The van der Waals surface area contributed by atoms with Crippen LogP contribution in [0.1, 0.15) is 35.2 Å². The molecule has 5 nitrogen and oxygen atoms in total. The normalized spacial score (nSPS) is 15.5. The Balaban J connectivity index is 1.91. The number of carbonyl (C=O) groups is 1. The van der Waals surface area contributed by atoms with Gasteiger partial charge >= 0.3 is 0 Å². The van der Waals surface area contributed by atoms with Crippen LogP contribution in [0.25, 0.3) is 0 Å². The molecule has 0 spiro atoms. The number of hydrogen-bond acceptors (Lipinski definition) is 3. The van der Waals surface area contributed by atoms with Gasteiger partial charge in [0.1, 0.15) is 0 Å². The molecule has 0 atom stereocenters. The highest BCUT2D eigenvalue weighted by molar-refractivity contribution is 7.89. The first-order chi connectivity index (χ1) is 12.8. The summed E-state index contributed by atoms with van der Waals surface area (Å²) in [4.78, 5) is 12.9. The van der Waals surface area contributed by atoms with Gasteiger partial charge in [0.2, 0.25) is 10.0 Å². The number of aryl methyl sites for hydroxylation is 1. The molecule has 0 saturated carbocycles. The third-order valence-corrected chi connectivity index (χ3v) is 7.04. The van der Waals surface area contributed by atoms with Crippen LogP contribution in [0, 0.1) is 6.92 Å². The summed E-state index contributed by atoms with van der Waals surface area (Å²) in [5.41, 5.74) is 1.32. The Hall–Kier alpha value is -1.60. The molecule has 1 fully saturated rings. The van der Waals surface area contributed by atoms with Crippen LogP contribution in [0.3, 0.4) is 0 Å². The summed E-state index contributed by atoms with van der Waals surface area (Å²) in [5.74, 6) is -0.438. The molecule has 2 aromatic rings. The maximum Gasteiger partial charge on any atom is 0.256 e. The topological polar surface area (TPSA) is 66.5 Å². The molecule has 1 N–H and O–H groups in total. The molecule has 0 unspecified atom stereocenters. The van der Waals surface area contributed by atoms with E-state index in [1.54, 1.807) is 37.3 Å². The van der Waals surface area contributed by atoms with Crippen molar-refractivity contribution in [2.75, 3.05) is 18.4 Å². The zero-order valence-electron chi connectivity index (χ0n) is 14.8. The van der Waals surface area contributed by atoms with Gasteiger partial charge in [-0.2, -0.15) is 4.31 Å². The number of piperidine rings is 1. The van der Waals surface area contributed by atoms with Crippen molar-refractivity contribution in [2.45, 2.75) is 31.1 Å². The lowest BCUT2D eigenvalue weighted by molar-refractivity contribution is 0.102. The Morgan fingerprint density at radius 3 is 2.44 bits per heavy atom.